The Morgan fingerprint density at radius 3 is 2.47 bits per heavy atom. The molecule has 0 bridgehead atoms. The summed E-state index contributed by atoms with van der Waals surface area (Å²) in [5.74, 6) is 1.41. The molecule has 0 aliphatic carbocycles. The lowest BCUT2D eigenvalue weighted by Crippen LogP contribution is -2.47. The SMILES string of the molecule is COc1cc(N)ccc1N1CCN(CCCNc2c(C)c(=O)n(C)c(=O)n2C)CC1. The topological polar surface area (TPSA) is 97.8 Å². The summed E-state index contributed by atoms with van der Waals surface area (Å²) in [5, 5.41) is 3.27. The number of anilines is 3. The van der Waals surface area contributed by atoms with Crippen molar-refractivity contribution >= 4 is 17.2 Å². The van der Waals surface area contributed by atoms with E-state index in [0.29, 0.717) is 23.6 Å². The van der Waals surface area contributed by atoms with E-state index in [2.05, 4.69) is 15.1 Å². The van der Waals surface area contributed by atoms with Gasteiger partial charge in [-0.3, -0.25) is 18.8 Å². The van der Waals surface area contributed by atoms with Crippen molar-refractivity contribution in [3.05, 3.63) is 44.6 Å². The third-order valence-corrected chi connectivity index (χ3v) is 5.75. The molecule has 0 spiro atoms. The Morgan fingerprint density at radius 2 is 1.80 bits per heavy atom. The summed E-state index contributed by atoms with van der Waals surface area (Å²) in [6, 6.07) is 5.78. The lowest BCUT2D eigenvalue weighted by atomic mass is 10.2. The van der Waals surface area contributed by atoms with E-state index in [0.717, 1.165) is 55.1 Å². The monoisotopic (exact) mass is 416 g/mol. The lowest BCUT2D eigenvalue weighted by Gasteiger charge is -2.36. The molecule has 1 aliphatic heterocycles. The van der Waals surface area contributed by atoms with E-state index >= 15 is 0 Å². The van der Waals surface area contributed by atoms with Gasteiger partial charge in [-0.15, -0.1) is 0 Å². The van der Waals surface area contributed by atoms with Gasteiger partial charge in [0.15, 0.2) is 0 Å². The number of rotatable bonds is 7. The van der Waals surface area contributed by atoms with Crippen molar-refractivity contribution in [1.82, 2.24) is 14.0 Å². The third kappa shape index (κ3) is 4.46. The molecule has 0 saturated carbocycles. The fraction of sp³-hybridized carbons (Fsp3) is 0.524. The van der Waals surface area contributed by atoms with Gasteiger partial charge in [-0.05, 0) is 32.0 Å². The number of piperazine rings is 1. The van der Waals surface area contributed by atoms with Crippen molar-refractivity contribution in [1.29, 1.82) is 0 Å². The van der Waals surface area contributed by atoms with E-state index in [-0.39, 0.29) is 11.2 Å². The number of hydrogen-bond donors (Lipinski definition) is 2. The van der Waals surface area contributed by atoms with Gasteiger partial charge in [-0.25, -0.2) is 4.79 Å². The number of methoxy groups -OCH3 is 1. The van der Waals surface area contributed by atoms with Crippen LogP contribution in [0.5, 0.6) is 5.75 Å². The highest BCUT2D eigenvalue weighted by atomic mass is 16.5. The average molecular weight is 417 g/mol. The first-order valence-corrected chi connectivity index (χ1v) is 10.2. The molecule has 9 nitrogen and oxygen atoms in total. The standard InChI is InChI=1S/C21H32N6O3/c1-15-19(24(2)21(29)25(3)20(15)28)23-8-5-9-26-10-12-27(13-11-26)17-7-6-16(22)14-18(17)30-4/h6-7,14,23H,5,8-13,22H2,1-4H3. The summed E-state index contributed by atoms with van der Waals surface area (Å²) in [7, 11) is 4.85. The van der Waals surface area contributed by atoms with Crippen LogP contribution in [0, 0.1) is 6.92 Å². The molecule has 30 heavy (non-hydrogen) atoms. The average Bonchev–Trinajstić information content (AvgIpc) is 2.76. The van der Waals surface area contributed by atoms with Crippen LogP contribution in [0.25, 0.3) is 0 Å². The molecule has 1 aromatic heterocycles. The highest BCUT2D eigenvalue weighted by Gasteiger charge is 2.19. The first kappa shape index (κ1) is 21.8. The van der Waals surface area contributed by atoms with Gasteiger partial charge in [0, 0.05) is 58.6 Å². The van der Waals surface area contributed by atoms with Crippen LogP contribution in [0.2, 0.25) is 0 Å². The molecule has 3 N–H and O–H groups in total. The normalized spacial score (nSPS) is 14.7. The zero-order chi connectivity index (χ0) is 21.8. The van der Waals surface area contributed by atoms with E-state index in [1.54, 1.807) is 21.1 Å². The molecule has 2 aromatic rings. The maximum absolute atomic E-state index is 12.1. The number of nitrogens with one attached hydrogen (secondary N) is 1. The quantitative estimate of drug-likeness (QED) is 0.504. The molecule has 0 amide bonds. The van der Waals surface area contributed by atoms with Crippen molar-refractivity contribution < 1.29 is 4.74 Å². The smallest absolute Gasteiger partial charge is 0.332 e. The molecule has 9 heteroatoms. The summed E-state index contributed by atoms with van der Waals surface area (Å²) in [5.41, 5.74) is 7.62. The molecule has 3 rings (SSSR count). The molecule has 1 aliphatic rings. The summed E-state index contributed by atoms with van der Waals surface area (Å²) >= 11 is 0. The predicted molar refractivity (Wildman–Crippen MR) is 121 cm³/mol. The van der Waals surface area contributed by atoms with Crippen molar-refractivity contribution in [2.45, 2.75) is 13.3 Å². The number of nitrogens with zero attached hydrogens (tertiary/aromatic N) is 4. The number of nitrogen functional groups attached to an aromatic ring is 1. The Labute approximate surface area is 176 Å². The van der Waals surface area contributed by atoms with Crippen LogP contribution in [0.15, 0.2) is 27.8 Å². The Morgan fingerprint density at radius 1 is 1.10 bits per heavy atom. The van der Waals surface area contributed by atoms with Crippen molar-refractivity contribution in [2.75, 3.05) is 62.3 Å². The van der Waals surface area contributed by atoms with E-state index in [1.807, 2.05) is 18.2 Å². The van der Waals surface area contributed by atoms with Crippen molar-refractivity contribution in [2.24, 2.45) is 14.1 Å². The first-order valence-electron chi connectivity index (χ1n) is 10.2. The fourth-order valence-electron chi connectivity index (χ4n) is 3.94. The van der Waals surface area contributed by atoms with Gasteiger partial charge in [0.25, 0.3) is 5.56 Å². The zero-order valence-electron chi connectivity index (χ0n) is 18.3. The third-order valence-electron chi connectivity index (χ3n) is 5.75. The zero-order valence-corrected chi connectivity index (χ0v) is 18.3. The summed E-state index contributed by atoms with van der Waals surface area (Å²) in [6.07, 6.45) is 0.925. The van der Waals surface area contributed by atoms with Gasteiger partial charge in [0.1, 0.15) is 11.6 Å². The van der Waals surface area contributed by atoms with E-state index in [9.17, 15) is 9.59 Å². The lowest BCUT2D eigenvalue weighted by molar-refractivity contribution is 0.256. The van der Waals surface area contributed by atoms with Crippen LogP contribution in [0.1, 0.15) is 12.0 Å². The van der Waals surface area contributed by atoms with Crippen LogP contribution in [-0.4, -0.2) is 60.4 Å². The van der Waals surface area contributed by atoms with Gasteiger partial charge < -0.3 is 20.7 Å². The van der Waals surface area contributed by atoms with Crippen molar-refractivity contribution in [3.8, 4) is 5.75 Å². The minimum atomic E-state index is -0.317. The number of hydrogen-bond acceptors (Lipinski definition) is 7. The van der Waals surface area contributed by atoms with Gasteiger partial charge >= 0.3 is 5.69 Å². The molecule has 0 radical (unpaired) electrons. The highest BCUT2D eigenvalue weighted by molar-refractivity contribution is 5.64. The molecular formula is C21H32N6O3. The molecule has 164 valence electrons. The van der Waals surface area contributed by atoms with Crippen LogP contribution >= 0.6 is 0 Å². The Bertz CT molecular complexity index is 968. The number of aromatic nitrogens is 2. The van der Waals surface area contributed by atoms with Crippen LogP contribution in [0.4, 0.5) is 17.2 Å². The van der Waals surface area contributed by atoms with Crippen LogP contribution in [0.3, 0.4) is 0 Å². The summed E-state index contributed by atoms with van der Waals surface area (Å²) in [4.78, 5) is 29.0. The second-order valence-electron chi connectivity index (χ2n) is 7.72. The summed E-state index contributed by atoms with van der Waals surface area (Å²) in [6.45, 7) is 7.19. The Hall–Kier alpha value is -2.94. The van der Waals surface area contributed by atoms with E-state index < -0.39 is 0 Å². The fourth-order valence-corrected chi connectivity index (χ4v) is 3.94. The number of benzene rings is 1. The minimum absolute atomic E-state index is 0.255. The molecule has 0 unspecified atom stereocenters. The predicted octanol–water partition coefficient (Wildman–Crippen LogP) is 0.607. The van der Waals surface area contributed by atoms with E-state index in [1.165, 1.54) is 11.6 Å². The molecule has 1 aromatic carbocycles. The van der Waals surface area contributed by atoms with Crippen LogP contribution < -0.4 is 31.9 Å². The molecule has 0 atom stereocenters. The van der Waals surface area contributed by atoms with Gasteiger partial charge in [0.2, 0.25) is 0 Å². The molecule has 2 heterocycles. The number of ether oxygens (including phenoxy) is 1. The van der Waals surface area contributed by atoms with Crippen LogP contribution in [-0.2, 0) is 14.1 Å². The van der Waals surface area contributed by atoms with Gasteiger partial charge in [-0.2, -0.15) is 0 Å². The largest absolute Gasteiger partial charge is 0.495 e. The maximum Gasteiger partial charge on any atom is 0.332 e. The Balaban J connectivity index is 1.50. The van der Waals surface area contributed by atoms with Crippen molar-refractivity contribution in [3.63, 3.8) is 0 Å². The van der Waals surface area contributed by atoms with E-state index in [4.69, 9.17) is 10.5 Å². The summed E-state index contributed by atoms with van der Waals surface area (Å²) < 4.78 is 8.11. The second kappa shape index (κ2) is 9.25. The molecular weight excluding hydrogens is 384 g/mol. The van der Waals surface area contributed by atoms with Gasteiger partial charge in [-0.1, -0.05) is 0 Å². The van der Waals surface area contributed by atoms with Gasteiger partial charge in [0.05, 0.1) is 18.4 Å². The second-order valence-corrected chi connectivity index (χ2v) is 7.72. The molecule has 1 fully saturated rings. The first-order chi connectivity index (χ1) is 14.3. The Kier molecular flexibility index (Phi) is 6.71. The minimum Gasteiger partial charge on any atom is -0.495 e. The number of nitrogens with two attached hydrogens (primary N) is 1. The molecule has 1 saturated heterocycles. The highest BCUT2D eigenvalue weighted by Crippen LogP contribution is 2.30. The maximum atomic E-state index is 12.1.